The van der Waals surface area contributed by atoms with E-state index in [0.29, 0.717) is 21.2 Å². The molecular formula is C19H14Cl2N2O4. The maximum Gasteiger partial charge on any atom is 0.296 e. The van der Waals surface area contributed by atoms with Gasteiger partial charge in [-0.1, -0.05) is 35.3 Å². The minimum atomic E-state index is -0.967. The van der Waals surface area contributed by atoms with Crippen LogP contribution in [0.25, 0.3) is 5.76 Å². The Bertz CT molecular complexity index is 953. The summed E-state index contributed by atoms with van der Waals surface area (Å²) in [5.74, 6) is -2.95. The van der Waals surface area contributed by atoms with Gasteiger partial charge >= 0.3 is 0 Å². The van der Waals surface area contributed by atoms with Crippen molar-refractivity contribution in [2.24, 2.45) is 5.73 Å². The Morgan fingerprint density at radius 2 is 1.52 bits per heavy atom. The molecule has 0 radical (unpaired) electrons. The number of carbonyl (C=O) groups is 3. The van der Waals surface area contributed by atoms with Gasteiger partial charge in [0.1, 0.15) is 12.3 Å². The molecule has 0 bridgehead atoms. The highest BCUT2D eigenvalue weighted by Gasteiger charge is 2.46. The van der Waals surface area contributed by atoms with Crippen LogP contribution in [0.3, 0.4) is 0 Å². The standard InChI is InChI=1S/C19H14Cl2N2O4/c20-12-5-1-10(2-6-12)16-15(17(25)11-3-7-13(21)8-4-11)18(26)19(27)23(16)9-14(22)24/h1-8,16,25H,9H2,(H2,22,24)/b17-15+. The molecule has 0 saturated carbocycles. The van der Waals surface area contributed by atoms with Gasteiger partial charge in [0.05, 0.1) is 11.6 Å². The average molecular weight is 405 g/mol. The van der Waals surface area contributed by atoms with Gasteiger partial charge < -0.3 is 15.7 Å². The van der Waals surface area contributed by atoms with Crippen LogP contribution in [0, 0.1) is 0 Å². The smallest absolute Gasteiger partial charge is 0.296 e. The zero-order chi connectivity index (χ0) is 19.7. The van der Waals surface area contributed by atoms with Crippen LogP contribution >= 0.6 is 23.2 Å². The Balaban J connectivity index is 2.19. The molecule has 3 rings (SSSR count). The molecular weight excluding hydrogens is 391 g/mol. The molecule has 2 amide bonds. The van der Waals surface area contributed by atoms with Crippen LogP contribution in [-0.4, -0.2) is 34.1 Å². The topological polar surface area (TPSA) is 101 Å². The van der Waals surface area contributed by atoms with E-state index in [4.69, 9.17) is 28.9 Å². The molecule has 1 aliphatic heterocycles. The third kappa shape index (κ3) is 3.67. The SMILES string of the molecule is NC(=O)CN1C(=O)C(=O)/C(=C(/O)c2ccc(Cl)cc2)C1c1ccc(Cl)cc1. The lowest BCUT2D eigenvalue weighted by atomic mass is 9.95. The van der Waals surface area contributed by atoms with Crippen molar-refractivity contribution < 1.29 is 19.5 Å². The van der Waals surface area contributed by atoms with E-state index in [9.17, 15) is 19.5 Å². The molecule has 0 aliphatic carbocycles. The number of primary amides is 1. The van der Waals surface area contributed by atoms with E-state index in [1.165, 1.54) is 12.1 Å². The number of hydrogen-bond acceptors (Lipinski definition) is 4. The number of Topliss-reactive ketones (excluding diaryl/α,β-unsaturated/α-hetero) is 1. The normalized spacial score (nSPS) is 18.7. The lowest BCUT2D eigenvalue weighted by Crippen LogP contribution is -2.37. The molecule has 0 spiro atoms. The van der Waals surface area contributed by atoms with Gasteiger partial charge in [-0.25, -0.2) is 0 Å². The molecule has 1 unspecified atom stereocenters. The lowest BCUT2D eigenvalue weighted by Gasteiger charge is -2.24. The molecule has 6 nitrogen and oxygen atoms in total. The van der Waals surface area contributed by atoms with E-state index < -0.39 is 30.2 Å². The molecule has 1 aliphatic rings. The summed E-state index contributed by atoms with van der Waals surface area (Å²) in [6, 6.07) is 11.6. The van der Waals surface area contributed by atoms with Crippen molar-refractivity contribution in [2.75, 3.05) is 6.54 Å². The highest BCUT2D eigenvalue weighted by molar-refractivity contribution is 6.47. The maximum absolute atomic E-state index is 12.6. The first-order chi connectivity index (χ1) is 12.8. The number of ketones is 1. The molecule has 27 heavy (non-hydrogen) atoms. The summed E-state index contributed by atoms with van der Waals surface area (Å²) in [7, 11) is 0. The lowest BCUT2D eigenvalue weighted by molar-refractivity contribution is -0.141. The number of rotatable bonds is 4. The second kappa shape index (κ2) is 7.42. The minimum Gasteiger partial charge on any atom is -0.507 e. The summed E-state index contributed by atoms with van der Waals surface area (Å²) in [5, 5.41) is 11.6. The number of aliphatic hydroxyl groups excluding tert-OH is 1. The van der Waals surface area contributed by atoms with Crippen molar-refractivity contribution in [1.29, 1.82) is 0 Å². The summed E-state index contributed by atoms with van der Waals surface area (Å²) in [6.45, 7) is -0.463. The highest BCUT2D eigenvalue weighted by atomic mass is 35.5. The summed E-state index contributed by atoms with van der Waals surface area (Å²) >= 11 is 11.8. The van der Waals surface area contributed by atoms with Gasteiger partial charge in [-0.05, 0) is 42.0 Å². The van der Waals surface area contributed by atoms with Crippen molar-refractivity contribution in [2.45, 2.75) is 6.04 Å². The van der Waals surface area contributed by atoms with Crippen LogP contribution in [0.5, 0.6) is 0 Å². The molecule has 1 fully saturated rings. The van der Waals surface area contributed by atoms with Crippen LogP contribution in [-0.2, 0) is 14.4 Å². The largest absolute Gasteiger partial charge is 0.507 e. The summed E-state index contributed by atoms with van der Waals surface area (Å²) < 4.78 is 0. The molecule has 1 atom stereocenters. The first kappa shape index (κ1) is 18.9. The monoisotopic (exact) mass is 404 g/mol. The second-order valence-electron chi connectivity index (χ2n) is 5.95. The number of amides is 2. The van der Waals surface area contributed by atoms with Gasteiger partial charge in [0, 0.05) is 15.6 Å². The van der Waals surface area contributed by atoms with Crippen LogP contribution in [0.2, 0.25) is 10.0 Å². The summed E-state index contributed by atoms with van der Waals surface area (Å²) in [6.07, 6.45) is 0. The average Bonchev–Trinajstić information content (AvgIpc) is 2.87. The molecule has 1 heterocycles. The molecule has 3 N–H and O–H groups in total. The number of likely N-dealkylation sites (tertiary alicyclic amines) is 1. The van der Waals surface area contributed by atoms with Gasteiger partial charge in [0.25, 0.3) is 11.7 Å². The Kier molecular flexibility index (Phi) is 5.21. The van der Waals surface area contributed by atoms with E-state index in [-0.39, 0.29) is 11.3 Å². The molecule has 1 saturated heterocycles. The summed E-state index contributed by atoms with van der Waals surface area (Å²) in [5.41, 5.74) is 5.93. The maximum atomic E-state index is 12.6. The fraction of sp³-hybridized carbons (Fsp3) is 0.105. The van der Waals surface area contributed by atoms with Crippen LogP contribution < -0.4 is 5.73 Å². The van der Waals surface area contributed by atoms with Crippen molar-refractivity contribution >= 4 is 46.6 Å². The van der Waals surface area contributed by atoms with Gasteiger partial charge in [0.2, 0.25) is 5.91 Å². The Labute approximate surface area is 164 Å². The third-order valence-corrected chi connectivity index (χ3v) is 4.67. The van der Waals surface area contributed by atoms with E-state index in [2.05, 4.69) is 0 Å². The van der Waals surface area contributed by atoms with Crippen molar-refractivity contribution in [3.05, 3.63) is 75.3 Å². The minimum absolute atomic E-state index is 0.133. The zero-order valence-corrected chi connectivity index (χ0v) is 15.4. The van der Waals surface area contributed by atoms with Crippen molar-refractivity contribution in [3.8, 4) is 0 Å². The number of halogens is 2. The molecule has 8 heteroatoms. The van der Waals surface area contributed by atoms with Crippen LogP contribution in [0.15, 0.2) is 54.1 Å². The fourth-order valence-electron chi connectivity index (χ4n) is 2.97. The third-order valence-electron chi connectivity index (χ3n) is 4.17. The number of carbonyl (C=O) groups excluding carboxylic acids is 3. The Hall–Kier alpha value is -2.83. The molecule has 2 aromatic carbocycles. The fourth-order valence-corrected chi connectivity index (χ4v) is 3.22. The van der Waals surface area contributed by atoms with Gasteiger partial charge in [0.15, 0.2) is 0 Å². The van der Waals surface area contributed by atoms with Gasteiger partial charge in [-0.3, -0.25) is 14.4 Å². The van der Waals surface area contributed by atoms with Crippen molar-refractivity contribution in [3.63, 3.8) is 0 Å². The molecule has 2 aromatic rings. The van der Waals surface area contributed by atoms with Crippen LogP contribution in [0.1, 0.15) is 17.2 Å². The number of nitrogens with two attached hydrogens (primary N) is 1. The predicted molar refractivity (Wildman–Crippen MR) is 101 cm³/mol. The number of nitrogens with zero attached hydrogens (tertiary/aromatic N) is 1. The number of benzene rings is 2. The first-order valence-corrected chi connectivity index (χ1v) is 8.63. The van der Waals surface area contributed by atoms with E-state index in [1.54, 1.807) is 36.4 Å². The summed E-state index contributed by atoms with van der Waals surface area (Å²) in [4.78, 5) is 37.5. The zero-order valence-electron chi connectivity index (χ0n) is 13.9. The van der Waals surface area contributed by atoms with E-state index in [0.717, 1.165) is 4.90 Å². The Morgan fingerprint density at radius 3 is 2.04 bits per heavy atom. The molecule has 0 aromatic heterocycles. The van der Waals surface area contributed by atoms with Crippen LogP contribution in [0.4, 0.5) is 0 Å². The van der Waals surface area contributed by atoms with E-state index >= 15 is 0 Å². The second-order valence-corrected chi connectivity index (χ2v) is 6.82. The van der Waals surface area contributed by atoms with Gasteiger partial charge in [-0.15, -0.1) is 0 Å². The first-order valence-electron chi connectivity index (χ1n) is 7.87. The number of aliphatic hydroxyl groups is 1. The highest BCUT2D eigenvalue weighted by Crippen LogP contribution is 2.39. The molecule has 138 valence electrons. The quantitative estimate of drug-likeness (QED) is 0.464. The van der Waals surface area contributed by atoms with Crippen molar-refractivity contribution in [1.82, 2.24) is 4.90 Å². The predicted octanol–water partition coefficient (Wildman–Crippen LogP) is 2.90. The van der Waals surface area contributed by atoms with Gasteiger partial charge in [-0.2, -0.15) is 0 Å². The number of hydrogen-bond donors (Lipinski definition) is 2. The van der Waals surface area contributed by atoms with E-state index in [1.807, 2.05) is 0 Å². The Morgan fingerprint density at radius 1 is 1.00 bits per heavy atom.